The van der Waals surface area contributed by atoms with Crippen LogP contribution in [0, 0.1) is 5.82 Å². The van der Waals surface area contributed by atoms with Gasteiger partial charge in [0.15, 0.2) is 0 Å². The molecular formula is C19H22FN3O4. The van der Waals surface area contributed by atoms with Crippen LogP contribution in [0.5, 0.6) is 0 Å². The minimum Gasteiger partial charge on any atom is -0.396 e. The van der Waals surface area contributed by atoms with Crippen LogP contribution in [0.4, 0.5) is 4.39 Å². The van der Waals surface area contributed by atoms with Gasteiger partial charge < -0.3 is 20.5 Å². The van der Waals surface area contributed by atoms with Gasteiger partial charge in [0.1, 0.15) is 11.5 Å². The van der Waals surface area contributed by atoms with Crippen molar-refractivity contribution < 1.29 is 23.8 Å². The Bertz CT molecular complexity index is 753. The Morgan fingerprint density at radius 3 is 2.56 bits per heavy atom. The summed E-state index contributed by atoms with van der Waals surface area (Å²) in [6.07, 6.45) is 1.84. The summed E-state index contributed by atoms with van der Waals surface area (Å²) in [5.74, 6) is -1.04. The van der Waals surface area contributed by atoms with Crippen LogP contribution in [0.3, 0.4) is 0 Å². The van der Waals surface area contributed by atoms with Gasteiger partial charge >= 0.3 is 0 Å². The number of carbonyl (C=O) groups excluding carboxylic acids is 2. The number of hydrogen-bond donors (Lipinski definition) is 3. The van der Waals surface area contributed by atoms with E-state index in [4.69, 9.17) is 9.84 Å². The monoisotopic (exact) mass is 375 g/mol. The fraction of sp³-hybridized carbons (Fsp3) is 0.316. The predicted octanol–water partition coefficient (Wildman–Crippen LogP) is 1.28. The van der Waals surface area contributed by atoms with E-state index in [0.717, 1.165) is 5.56 Å². The minimum absolute atomic E-state index is 0.0145. The van der Waals surface area contributed by atoms with E-state index >= 15 is 0 Å². The maximum atomic E-state index is 12.8. The van der Waals surface area contributed by atoms with Gasteiger partial charge in [-0.25, -0.2) is 4.39 Å². The van der Waals surface area contributed by atoms with Gasteiger partial charge in [-0.05, 0) is 36.2 Å². The molecule has 0 saturated heterocycles. The van der Waals surface area contributed by atoms with Crippen molar-refractivity contribution in [2.45, 2.75) is 13.0 Å². The summed E-state index contributed by atoms with van der Waals surface area (Å²) < 4.78 is 18.2. The maximum absolute atomic E-state index is 12.8. The Kier molecular flexibility index (Phi) is 8.34. The highest BCUT2D eigenvalue weighted by atomic mass is 19.1. The molecule has 0 atom stereocenters. The van der Waals surface area contributed by atoms with Crippen LogP contribution in [-0.4, -0.2) is 48.2 Å². The molecule has 7 nitrogen and oxygen atoms in total. The number of pyridine rings is 1. The van der Waals surface area contributed by atoms with Crippen molar-refractivity contribution in [3.05, 3.63) is 65.2 Å². The van der Waals surface area contributed by atoms with E-state index in [0.29, 0.717) is 38.3 Å². The van der Waals surface area contributed by atoms with Crippen LogP contribution < -0.4 is 10.6 Å². The van der Waals surface area contributed by atoms with Crippen LogP contribution in [0.2, 0.25) is 0 Å². The lowest BCUT2D eigenvalue weighted by atomic mass is 10.2. The molecule has 1 aromatic heterocycles. The first-order valence-electron chi connectivity index (χ1n) is 8.55. The number of rotatable bonds is 10. The Morgan fingerprint density at radius 2 is 1.81 bits per heavy atom. The molecule has 0 fully saturated rings. The van der Waals surface area contributed by atoms with Gasteiger partial charge in [-0.1, -0.05) is 12.1 Å². The second-order valence-electron chi connectivity index (χ2n) is 5.70. The number of carbonyl (C=O) groups is 2. The van der Waals surface area contributed by atoms with Gasteiger partial charge in [0.25, 0.3) is 11.8 Å². The number of amides is 2. The summed E-state index contributed by atoms with van der Waals surface area (Å²) in [5, 5.41) is 14.0. The van der Waals surface area contributed by atoms with Crippen LogP contribution in [0.15, 0.2) is 42.6 Å². The Morgan fingerprint density at radius 1 is 1.07 bits per heavy atom. The third-order valence-corrected chi connectivity index (χ3v) is 3.59. The summed E-state index contributed by atoms with van der Waals surface area (Å²) in [5.41, 5.74) is 1.29. The fourth-order valence-electron chi connectivity index (χ4n) is 2.18. The van der Waals surface area contributed by atoms with Crippen molar-refractivity contribution in [3.63, 3.8) is 0 Å². The molecule has 1 heterocycles. The van der Waals surface area contributed by atoms with Crippen molar-refractivity contribution in [2.24, 2.45) is 0 Å². The zero-order chi connectivity index (χ0) is 19.5. The molecule has 2 amide bonds. The molecule has 144 valence electrons. The number of hydrogen-bond acceptors (Lipinski definition) is 5. The van der Waals surface area contributed by atoms with E-state index in [9.17, 15) is 14.0 Å². The highest BCUT2D eigenvalue weighted by Crippen LogP contribution is 2.04. The highest BCUT2D eigenvalue weighted by Gasteiger charge is 2.11. The number of aliphatic hydroxyl groups excluding tert-OH is 1. The van der Waals surface area contributed by atoms with Crippen molar-refractivity contribution in [1.82, 2.24) is 15.6 Å². The summed E-state index contributed by atoms with van der Waals surface area (Å²) in [6.45, 7) is 1.23. The number of ether oxygens (including phenoxy) is 1. The number of nitrogens with zero attached hydrogens (tertiary/aromatic N) is 1. The molecule has 0 spiro atoms. The fourth-order valence-corrected chi connectivity index (χ4v) is 2.18. The summed E-state index contributed by atoms with van der Waals surface area (Å²) in [6, 6.07) is 8.92. The average molecular weight is 375 g/mol. The third kappa shape index (κ3) is 7.12. The molecule has 8 heteroatoms. The summed E-state index contributed by atoms with van der Waals surface area (Å²) in [4.78, 5) is 28.0. The van der Waals surface area contributed by atoms with Gasteiger partial charge in [-0.2, -0.15) is 0 Å². The lowest BCUT2D eigenvalue weighted by molar-refractivity contribution is 0.0900. The molecular weight excluding hydrogens is 353 g/mol. The summed E-state index contributed by atoms with van der Waals surface area (Å²) >= 11 is 0. The Balaban J connectivity index is 1.74. The standard InChI is InChI=1S/C19H22FN3O4/c20-16-4-2-14(3-5-16)13-27-11-9-23-18(25)15-6-8-21-17(12-15)19(26)22-7-1-10-24/h2-6,8,12,24H,1,7,9-11,13H2,(H,22,26)(H,23,25). The largest absolute Gasteiger partial charge is 0.396 e. The lowest BCUT2D eigenvalue weighted by Gasteiger charge is -2.08. The molecule has 1 aromatic carbocycles. The molecule has 0 radical (unpaired) electrons. The summed E-state index contributed by atoms with van der Waals surface area (Å²) in [7, 11) is 0. The number of aromatic nitrogens is 1. The van der Waals surface area contributed by atoms with Gasteiger partial charge in [0.2, 0.25) is 0 Å². The smallest absolute Gasteiger partial charge is 0.269 e. The zero-order valence-electron chi connectivity index (χ0n) is 14.8. The van der Waals surface area contributed by atoms with E-state index in [1.54, 1.807) is 12.1 Å². The molecule has 2 aromatic rings. The van der Waals surface area contributed by atoms with Gasteiger partial charge in [0, 0.05) is 31.5 Å². The van der Waals surface area contributed by atoms with E-state index in [1.807, 2.05) is 0 Å². The average Bonchev–Trinajstić information content (AvgIpc) is 2.69. The second kappa shape index (κ2) is 11.0. The van der Waals surface area contributed by atoms with Crippen molar-refractivity contribution in [1.29, 1.82) is 0 Å². The van der Waals surface area contributed by atoms with Crippen molar-refractivity contribution >= 4 is 11.8 Å². The molecule has 0 saturated carbocycles. The number of aliphatic hydroxyl groups is 1. The normalized spacial score (nSPS) is 10.4. The van der Waals surface area contributed by atoms with Crippen molar-refractivity contribution in [2.75, 3.05) is 26.3 Å². The maximum Gasteiger partial charge on any atom is 0.269 e. The van der Waals surface area contributed by atoms with Gasteiger partial charge in [-0.15, -0.1) is 0 Å². The third-order valence-electron chi connectivity index (χ3n) is 3.59. The Labute approximate surface area is 156 Å². The van der Waals surface area contributed by atoms with Crippen LogP contribution in [0.25, 0.3) is 0 Å². The number of benzene rings is 1. The van der Waals surface area contributed by atoms with Crippen LogP contribution in [0.1, 0.15) is 32.8 Å². The van der Waals surface area contributed by atoms with E-state index in [-0.39, 0.29) is 24.0 Å². The first kappa shape index (κ1) is 20.5. The second-order valence-corrected chi connectivity index (χ2v) is 5.70. The molecule has 0 aliphatic carbocycles. The number of nitrogens with one attached hydrogen (secondary N) is 2. The minimum atomic E-state index is -0.402. The van der Waals surface area contributed by atoms with E-state index < -0.39 is 5.91 Å². The lowest BCUT2D eigenvalue weighted by Crippen LogP contribution is -2.29. The molecule has 0 unspecified atom stereocenters. The Hall–Kier alpha value is -2.84. The quantitative estimate of drug-likeness (QED) is 0.543. The van der Waals surface area contributed by atoms with Crippen molar-refractivity contribution in [3.8, 4) is 0 Å². The molecule has 2 rings (SSSR count). The van der Waals surface area contributed by atoms with Gasteiger partial charge in [-0.3, -0.25) is 14.6 Å². The number of halogens is 1. The molecule has 3 N–H and O–H groups in total. The first-order chi connectivity index (χ1) is 13.1. The van der Waals surface area contributed by atoms with E-state index in [1.165, 1.54) is 30.5 Å². The predicted molar refractivity (Wildman–Crippen MR) is 96.7 cm³/mol. The first-order valence-corrected chi connectivity index (χ1v) is 8.55. The molecule has 0 bridgehead atoms. The molecule has 0 aliphatic heterocycles. The molecule has 0 aliphatic rings. The highest BCUT2D eigenvalue weighted by molar-refractivity contribution is 5.98. The van der Waals surface area contributed by atoms with Crippen LogP contribution in [-0.2, 0) is 11.3 Å². The van der Waals surface area contributed by atoms with E-state index in [2.05, 4.69) is 15.6 Å². The zero-order valence-corrected chi connectivity index (χ0v) is 14.8. The molecule has 27 heavy (non-hydrogen) atoms. The SMILES string of the molecule is O=C(NCCOCc1ccc(F)cc1)c1ccnc(C(=O)NCCCO)c1. The van der Waals surface area contributed by atoms with Crippen LogP contribution >= 0.6 is 0 Å². The topological polar surface area (TPSA) is 101 Å². The van der Waals surface area contributed by atoms with Gasteiger partial charge in [0.05, 0.1) is 13.2 Å².